The highest BCUT2D eigenvalue weighted by Gasteiger charge is 2.30. The number of sulfonamides is 1. The summed E-state index contributed by atoms with van der Waals surface area (Å²) in [5, 5.41) is 3.01. The van der Waals surface area contributed by atoms with Crippen LogP contribution in [0.25, 0.3) is 0 Å². The molecule has 0 bridgehead atoms. The number of hydrogen-bond donors (Lipinski definition) is 1. The Bertz CT molecular complexity index is 935. The number of nitrogens with zero attached hydrogens (tertiary/aromatic N) is 1. The number of amides is 1. The molecule has 1 aromatic heterocycles. The van der Waals surface area contributed by atoms with Gasteiger partial charge in [0.2, 0.25) is 10.0 Å². The lowest BCUT2D eigenvalue weighted by atomic mass is 10.1. The fourth-order valence-electron chi connectivity index (χ4n) is 3.01. The van der Waals surface area contributed by atoms with E-state index >= 15 is 0 Å². The second-order valence-electron chi connectivity index (χ2n) is 6.36. The van der Waals surface area contributed by atoms with Crippen molar-refractivity contribution < 1.29 is 17.9 Å². The Hall–Kier alpha value is -1.42. The van der Waals surface area contributed by atoms with Gasteiger partial charge in [-0.1, -0.05) is 0 Å². The number of carbonyl (C=O) groups excluding carboxylic acids is 1. The van der Waals surface area contributed by atoms with Gasteiger partial charge in [-0.2, -0.15) is 4.31 Å². The standard InChI is InChI=1S/C18H21BrN2O4S2/c1-12-3-6-17(26-12)18(22)20-13-7-9-21(10-8-13)27(23,24)14-4-5-16(25-2)15(19)11-14/h3-6,11,13H,7-10H2,1-2H3,(H,20,22). The Labute approximate surface area is 171 Å². The normalized spacial score (nSPS) is 16.3. The third-order valence-electron chi connectivity index (χ3n) is 4.51. The van der Waals surface area contributed by atoms with Crippen molar-refractivity contribution in [3.05, 3.63) is 44.6 Å². The molecule has 6 nitrogen and oxygen atoms in total. The molecule has 2 heterocycles. The average Bonchev–Trinajstić information content (AvgIpc) is 3.08. The van der Waals surface area contributed by atoms with E-state index in [4.69, 9.17) is 4.74 Å². The van der Waals surface area contributed by atoms with Crippen LogP contribution in [0.4, 0.5) is 0 Å². The molecule has 1 amide bonds. The second kappa shape index (κ2) is 8.30. The molecule has 0 aliphatic carbocycles. The summed E-state index contributed by atoms with van der Waals surface area (Å²) in [5.74, 6) is 0.493. The molecule has 3 rings (SSSR count). The Kier molecular flexibility index (Phi) is 6.25. The molecule has 9 heteroatoms. The molecule has 1 N–H and O–H groups in total. The number of ether oxygens (including phenoxy) is 1. The highest BCUT2D eigenvalue weighted by Crippen LogP contribution is 2.29. The zero-order valence-corrected chi connectivity index (χ0v) is 18.3. The van der Waals surface area contributed by atoms with Crippen LogP contribution in [-0.4, -0.2) is 44.9 Å². The minimum Gasteiger partial charge on any atom is -0.496 e. The van der Waals surface area contributed by atoms with Crippen LogP contribution in [-0.2, 0) is 10.0 Å². The van der Waals surface area contributed by atoms with Crippen LogP contribution in [0, 0.1) is 6.92 Å². The number of methoxy groups -OCH3 is 1. The molecule has 0 spiro atoms. The van der Waals surface area contributed by atoms with E-state index in [1.165, 1.54) is 22.8 Å². The summed E-state index contributed by atoms with van der Waals surface area (Å²) in [4.78, 5) is 14.3. The van der Waals surface area contributed by atoms with Gasteiger partial charge < -0.3 is 10.1 Å². The first-order chi connectivity index (χ1) is 12.8. The molecule has 0 unspecified atom stereocenters. The molecule has 1 saturated heterocycles. The lowest BCUT2D eigenvalue weighted by Crippen LogP contribution is -2.46. The van der Waals surface area contributed by atoms with E-state index in [9.17, 15) is 13.2 Å². The van der Waals surface area contributed by atoms with Crippen molar-refractivity contribution in [1.82, 2.24) is 9.62 Å². The van der Waals surface area contributed by atoms with E-state index in [-0.39, 0.29) is 16.8 Å². The van der Waals surface area contributed by atoms with E-state index in [1.807, 2.05) is 19.1 Å². The van der Waals surface area contributed by atoms with Gasteiger partial charge in [-0.25, -0.2) is 8.42 Å². The molecular formula is C18H21BrN2O4S2. The summed E-state index contributed by atoms with van der Waals surface area (Å²) >= 11 is 4.79. The number of carbonyl (C=O) groups is 1. The molecule has 0 radical (unpaired) electrons. The number of piperidine rings is 1. The Morgan fingerprint density at radius 1 is 1.26 bits per heavy atom. The quantitative estimate of drug-likeness (QED) is 0.723. The molecular weight excluding hydrogens is 452 g/mol. The van der Waals surface area contributed by atoms with E-state index in [0.717, 1.165) is 4.88 Å². The van der Waals surface area contributed by atoms with Gasteiger partial charge in [0.05, 0.1) is 21.4 Å². The van der Waals surface area contributed by atoms with E-state index in [0.29, 0.717) is 41.0 Å². The highest BCUT2D eigenvalue weighted by molar-refractivity contribution is 9.10. The number of aryl methyl sites for hydroxylation is 1. The van der Waals surface area contributed by atoms with Crippen molar-refractivity contribution >= 4 is 43.2 Å². The molecule has 1 aromatic carbocycles. The third-order valence-corrected chi connectivity index (χ3v) is 8.03. The summed E-state index contributed by atoms with van der Waals surface area (Å²) < 4.78 is 33.0. The second-order valence-corrected chi connectivity index (χ2v) is 10.4. The van der Waals surface area contributed by atoms with Crippen molar-refractivity contribution in [1.29, 1.82) is 0 Å². The summed E-state index contributed by atoms with van der Waals surface area (Å²) in [6.07, 6.45) is 1.18. The molecule has 1 fully saturated rings. The lowest BCUT2D eigenvalue weighted by molar-refractivity contribution is 0.0928. The van der Waals surface area contributed by atoms with Gasteiger partial charge in [-0.3, -0.25) is 4.79 Å². The van der Waals surface area contributed by atoms with Gasteiger partial charge in [0, 0.05) is 24.0 Å². The predicted octanol–water partition coefficient (Wildman–Crippen LogP) is 3.41. The van der Waals surface area contributed by atoms with E-state index < -0.39 is 10.0 Å². The Morgan fingerprint density at radius 2 is 1.96 bits per heavy atom. The summed E-state index contributed by atoms with van der Waals surface area (Å²) in [5.41, 5.74) is 0. The monoisotopic (exact) mass is 472 g/mol. The first kappa shape index (κ1) is 20.3. The fourth-order valence-corrected chi connectivity index (χ4v) is 5.97. The Morgan fingerprint density at radius 3 is 2.52 bits per heavy atom. The van der Waals surface area contributed by atoms with Crippen LogP contribution >= 0.6 is 27.3 Å². The maximum Gasteiger partial charge on any atom is 0.261 e. The van der Waals surface area contributed by atoms with Crippen LogP contribution < -0.4 is 10.1 Å². The zero-order valence-electron chi connectivity index (χ0n) is 15.1. The van der Waals surface area contributed by atoms with Crippen molar-refractivity contribution in [2.45, 2.75) is 30.7 Å². The van der Waals surface area contributed by atoms with Gasteiger partial charge in [0.1, 0.15) is 5.75 Å². The van der Waals surface area contributed by atoms with Crippen molar-refractivity contribution in [3.8, 4) is 5.75 Å². The number of nitrogens with one attached hydrogen (secondary N) is 1. The van der Waals surface area contributed by atoms with Gasteiger partial charge in [0.15, 0.2) is 0 Å². The topological polar surface area (TPSA) is 75.7 Å². The fraction of sp³-hybridized carbons (Fsp3) is 0.389. The van der Waals surface area contributed by atoms with E-state index in [1.54, 1.807) is 18.2 Å². The maximum atomic E-state index is 12.9. The first-order valence-electron chi connectivity index (χ1n) is 8.52. The molecule has 0 saturated carbocycles. The summed E-state index contributed by atoms with van der Waals surface area (Å²) in [6.45, 7) is 2.71. The Balaban J connectivity index is 1.62. The van der Waals surface area contributed by atoms with Gasteiger partial charge in [-0.05, 0) is 66.0 Å². The van der Waals surface area contributed by atoms with Crippen LogP contribution in [0.2, 0.25) is 0 Å². The minimum absolute atomic E-state index is 0.0195. The van der Waals surface area contributed by atoms with Gasteiger partial charge in [-0.15, -0.1) is 11.3 Å². The summed E-state index contributed by atoms with van der Waals surface area (Å²) in [6, 6.07) is 8.45. The molecule has 1 aliphatic heterocycles. The highest BCUT2D eigenvalue weighted by atomic mass is 79.9. The average molecular weight is 473 g/mol. The molecule has 146 valence electrons. The van der Waals surface area contributed by atoms with Crippen molar-refractivity contribution in [3.63, 3.8) is 0 Å². The first-order valence-corrected chi connectivity index (χ1v) is 11.6. The van der Waals surface area contributed by atoms with Crippen molar-refractivity contribution in [2.75, 3.05) is 20.2 Å². The maximum absolute atomic E-state index is 12.9. The number of benzene rings is 1. The summed E-state index contributed by atoms with van der Waals surface area (Å²) in [7, 11) is -2.04. The van der Waals surface area contributed by atoms with Crippen LogP contribution in [0.5, 0.6) is 5.75 Å². The smallest absolute Gasteiger partial charge is 0.261 e. The minimum atomic E-state index is -3.57. The SMILES string of the molecule is COc1ccc(S(=O)(=O)N2CCC(NC(=O)c3ccc(C)s3)CC2)cc1Br. The predicted molar refractivity (Wildman–Crippen MR) is 109 cm³/mol. The molecule has 1 aliphatic rings. The number of halogens is 1. The van der Waals surface area contributed by atoms with Crippen LogP contribution in [0.15, 0.2) is 39.7 Å². The lowest BCUT2D eigenvalue weighted by Gasteiger charge is -2.31. The van der Waals surface area contributed by atoms with E-state index in [2.05, 4.69) is 21.2 Å². The molecule has 27 heavy (non-hydrogen) atoms. The molecule has 0 atom stereocenters. The number of thiophene rings is 1. The zero-order chi connectivity index (χ0) is 19.6. The third kappa shape index (κ3) is 4.53. The van der Waals surface area contributed by atoms with Gasteiger partial charge in [0.25, 0.3) is 5.91 Å². The van der Waals surface area contributed by atoms with Crippen molar-refractivity contribution in [2.24, 2.45) is 0 Å². The largest absolute Gasteiger partial charge is 0.496 e. The van der Waals surface area contributed by atoms with Gasteiger partial charge >= 0.3 is 0 Å². The molecule has 2 aromatic rings. The number of rotatable bonds is 5. The van der Waals surface area contributed by atoms with Crippen LogP contribution in [0.3, 0.4) is 0 Å². The number of hydrogen-bond acceptors (Lipinski definition) is 5. The van der Waals surface area contributed by atoms with Crippen LogP contribution in [0.1, 0.15) is 27.4 Å².